The van der Waals surface area contributed by atoms with E-state index in [9.17, 15) is 4.79 Å². The molecule has 0 saturated heterocycles. The summed E-state index contributed by atoms with van der Waals surface area (Å²) in [5.74, 6) is 1.88. The fourth-order valence-electron chi connectivity index (χ4n) is 2.63. The van der Waals surface area contributed by atoms with Crippen molar-refractivity contribution in [2.75, 3.05) is 7.05 Å². The third-order valence-electron chi connectivity index (χ3n) is 3.83. The van der Waals surface area contributed by atoms with Gasteiger partial charge in [-0.2, -0.15) is 0 Å². The van der Waals surface area contributed by atoms with Crippen molar-refractivity contribution < 1.29 is 4.79 Å². The van der Waals surface area contributed by atoms with E-state index in [4.69, 9.17) is 0 Å². The van der Waals surface area contributed by atoms with Crippen molar-refractivity contribution in [2.45, 2.75) is 32.9 Å². The standard InChI is InChI=1S/C15H17BrN4O/c1-10-5-3-6-11(14(10)16)15(21)19(2)9-13-18-17-12-7-4-8-20(12)13/h3,5-6H,4,7-9H2,1-2H3. The van der Waals surface area contributed by atoms with Crippen molar-refractivity contribution in [2.24, 2.45) is 0 Å². The molecule has 110 valence electrons. The zero-order chi connectivity index (χ0) is 15.0. The molecule has 1 aliphatic heterocycles. The van der Waals surface area contributed by atoms with Crippen LogP contribution in [-0.4, -0.2) is 32.6 Å². The van der Waals surface area contributed by atoms with E-state index in [0.29, 0.717) is 12.1 Å². The van der Waals surface area contributed by atoms with Crippen molar-refractivity contribution >= 4 is 21.8 Å². The summed E-state index contributed by atoms with van der Waals surface area (Å²) in [6.07, 6.45) is 2.09. The molecule has 0 bridgehead atoms. The molecule has 21 heavy (non-hydrogen) atoms. The number of benzene rings is 1. The van der Waals surface area contributed by atoms with Gasteiger partial charge in [0.15, 0.2) is 5.82 Å². The molecule has 0 atom stereocenters. The van der Waals surface area contributed by atoms with Gasteiger partial charge in [0.1, 0.15) is 5.82 Å². The van der Waals surface area contributed by atoms with Gasteiger partial charge in [0, 0.05) is 24.5 Å². The minimum Gasteiger partial charge on any atom is -0.334 e. The summed E-state index contributed by atoms with van der Waals surface area (Å²) in [5, 5.41) is 8.38. The lowest BCUT2D eigenvalue weighted by atomic mass is 10.1. The van der Waals surface area contributed by atoms with E-state index in [-0.39, 0.29) is 5.91 Å². The van der Waals surface area contributed by atoms with E-state index in [0.717, 1.165) is 41.1 Å². The molecule has 1 aromatic carbocycles. The number of aromatic nitrogens is 3. The van der Waals surface area contributed by atoms with E-state index in [1.807, 2.05) is 25.1 Å². The van der Waals surface area contributed by atoms with Gasteiger partial charge in [0.05, 0.1) is 12.1 Å². The molecule has 0 aliphatic carbocycles. The number of aryl methyl sites for hydroxylation is 2. The first-order valence-corrected chi connectivity index (χ1v) is 7.78. The largest absolute Gasteiger partial charge is 0.334 e. The van der Waals surface area contributed by atoms with Crippen LogP contribution in [0.4, 0.5) is 0 Å². The van der Waals surface area contributed by atoms with Gasteiger partial charge < -0.3 is 9.47 Å². The molecule has 1 amide bonds. The summed E-state index contributed by atoms with van der Waals surface area (Å²) in [4.78, 5) is 14.3. The second-order valence-electron chi connectivity index (χ2n) is 5.39. The highest BCUT2D eigenvalue weighted by atomic mass is 79.9. The quantitative estimate of drug-likeness (QED) is 0.856. The third kappa shape index (κ3) is 2.60. The van der Waals surface area contributed by atoms with Gasteiger partial charge in [-0.25, -0.2) is 0 Å². The Bertz CT molecular complexity index is 695. The molecular formula is C15H17BrN4O. The SMILES string of the molecule is Cc1cccc(C(=O)N(C)Cc2nnc3n2CCC3)c1Br. The highest BCUT2D eigenvalue weighted by Crippen LogP contribution is 2.23. The number of nitrogens with zero attached hydrogens (tertiary/aromatic N) is 4. The van der Waals surface area contributed by atoms with Crippen LogP contribution in [0.15, 0.2) is 22.7 Å². The lowest BCUT2D eigenvalue weighted by Gasteiger charge is -2.18. The maximum Gasteiger partial charge on any atom is 0.255 e. The van der Waals surface area contributed by atoms with Crippen molar-refractivity contribution in [1.29, 1.82) is 0 Å². The molecular weight excluding hydrogens is 332 g/mol. The molecule has 0 unspecified atom stereocenters. The maximum atomic E-state index is 12.6. The number of carbonyl (C=O) groups excluding carboxylic acids is 1. The number of fused-ring (bicyclic) bond motifs is 1. The number of halogens is 1. The fourth-order valence-corrected chi connectivity index (χ4v) is 3.06. The Morgan fingerprint density at radius 3 is 3.05 bits per heavy atom. The van der Waals surface area contributed by atoms with Crippen molar-refractivity contribution in [1.82, 2.24) is 19.7 Å². The Hall–Kier alpha value is -1.69. The van der Waals surface area contributed by atoms with Crippen LogP contribution in [0.3, 0.4) is 0 Å². The molecule has 0 fully saturated rings. The lowest BCUT2D eigenvalue weighted by Crippen LogP contribution is -2.28. The topological polar surface area (TPSA) is 51.0 Å². The fraction of sp³-hybridized carbons (Fsp3) is 0.400. The van der Waals surface area contributed by atoms with Crippen molar-refractivity contribution in [3.63, 3.8) is 0 Å². The summed E-state index contributed by atoms with van der Waals surface area (Å²) in [5.41, 5.74) is 1.73. The first-order valence-electron chi connectivity index (χ1n) is 6.99. The molecule has 5 nitrogen and oxygen atoms in total. The van der Waals surface area contributed by atoms with Crippen LogP contribution in [0.1, 0.15) is 34.0 Å². The molecule has 1 aliphatic rings. The number of amides is 1. The van der Waals surface area contributed by atoms with Gasteiger partial charge >= 0.3 is 0 Å². The van der Waals surface area contributed by atoms with Crippen molar-refractivity contribution in [3.05, 3.63) is 45.4 Å². The molecule has 0 spiro atoms. The highest BCUT2D eigenvalue weighted by Gasteiger charge is 2.21. The second-order valence-corrected chi connectivity index (χ2v) is 6.18. The second kappa shape index (κ2) is 5.60. The molecule has 6 heteroatoms. The van der Waals surface area contributed by atoms with E-state index in [1.165, 1.54) is 0 Å². The first-order chi connectivity index (χ1) is 10.1. The number of hydrogen-bond donors (Lipinski definition) is 0. The van der Waals surface area contributed by atoms with Crippen LogP contribution < -0.4 is 0 Å². The molecule has 0 N–H and O–H groups in total. The first kappa shape index (κ1) is 14.3. The Labute approximate surface area is 132 Å². The van der Waals surface area contributed by atoms with E-state index in [1.54, 1.807) is 11.9 Å². The van der Waals surface area contributed by atoms with Crippen molar-refractivity contribution in [3.8, 4) is 0 Å². The average Bonchev–Trinajstić information content (AvgIpc) is 3.06. The maximum absolute atomic E-state index is 12.6. The number of hydrogen-bond acceptors (Lipinski definition) is 3. The van der Waals surface area contributed by atoms with Crippen LogP contribution in [0.5, 0.6) is 0 Å². The van der Waals surface area contributed by atoms with Crippen LogP contribution in [-0.2, 0) is 19.5 Å². The zero-order valence-electron chi connectivity index (χ0n) is 12.1. The molecule has 1 aromatic heterocycles. The molecule has 2 aromatic rings. The van der Waals surface area contributed by atoms with E-state index < -0.39 is 0 Å². The Balaban J connectivity index is 1.80. The monoisotopic (exact) mass is 348 g/mol. The van der Waals surface area contributed by atoms with E-state index >= 15 is 0 Å². The number of rotatable bonds is 3. The van der Waals surface area contributed by atoms with Gasteiger partial charge in [0.25, 0.3) is 5.91 Å². The van der Waals surface area contributed by atoms with Gasteiger partial charge in [0.2, 0.25) is 0 Å². The third-order valence-corrected chi connectivity index (χ3v) is 4.89. The predicted molar refractivity (Wildman–Crippen MR) is 83.0 cm³/mol. The highest BCUT2D eigenvalue weighted by molar-refractivity contribution is 9.10. The predicted octanol–water partition coefficient (Wildman–Crippen LogP) is 2.57. The molecule has 2 heterocycles. The molecule has 0 radical (unpaired) electrons. The van der Waals surface area contributed by atoms with Crippen LogP contribution in [0.25, 0.3) is 0 Å². The minimum absolute atomic E-state index is 0.0130. The molecule has 0 saturated carbocycles. The minimum atomic E-state index is -0.0130. The number of carbonyl (C=O) groups is 1. The van der Waals surface area contributed by atoms with E-state index in [2.05, 4.69) is 30.7 Å². The Morgan fingerprint density at radius 1 is 1.43 bits per heavy atom. The smallest absolute Gasteiger partial charge is 0.255 e. The Morgan fingerprint density at radius 2 is 2.24 bits per heavy atom. The summed E-state index contributed by atoms with van der Waals surface area (Å²) >= 11 is 3.50. The lowest BCUT2D eigenvalue weighted by molar-refractivity contribution is 0.0779. The average molecular weight is 349 g/mol. The van der Waals surface area contributed by atoms with Crippen LogP contribution in [0.2, 0.25) is 0 Å². The molecule has 3 rings (SSSR count). The zero-order valence-corrected chi connectivity index (χ0v) is 13.7. The summed E-state index contributed by atoms with van der Waals surface area (Å²) in [6.45, 7) is 3.41. The van der Waals surface area contributed by atoms with Crippen LogP contribution >= 0.6 is 15.9 Å². The van der Waals surface area contributed by atoms with Crippen LogP contribution in [0, 0.1) is 6.92 Å². The Kier molecular flexibility index (Phi) is 3.80. The van der Waals surface area contributed by atoms with Gasteiger partial charge in [-0.1, -0.05) is 12.1 Å². The van der Waals surface area contributed by atoms with Gasteiger partial charge in [-0.3, -0.25) is 4.79 Å². The normalized spacial score (nSPS) is 13.3. The van der Waals surface area contributed by atoms with Gasteiger partial charge in [-0.05, 0) is 40.9 Å². The summed E-state index contributed by atoms with van der Waals surface area (Å²) in [6, 6.07) is 5.71. The summed E-state index contributed by atoms with van der Waals surface area (Å²) in [7, 11) is 1.80. The summed E-state index contributed by atoms with van der Waals surface area (Å²) < 4.78 is 2.98. The van der Waals surface area contributed by atoms with Gasteiger partial charge in [-0.15, -0.1) is 10.2 Å².